The highest BCUT2D eigenvalue weighted by molar-refractivity contribution is 7.85. The van der Waals surface area contributed by atoms with Gasteiger partial charge in [0.2, 0.25) is 0 Å². The Morgan fingerprint density at radius 2 is 2.25 bits per heavy atom. The Labute approximate surface area is 146 Å². The van der Waals surface area contributed by atoms with Crippen molar-refractivity contribution in [3.05, 3.63) is 47.7 Å². The van der Waals surface area contributed by atoms with Gasteiger partial charge in [0.1, 0.15) is 0 Å². The first kappa shape index (κ1) is 16.9. The number of fused-ring (bicyclic) bond motifs is 1. The lowest BCUT2D eigenvalue weighted by Crippen LogP contribution is -2.25. The van der Waals surface area contributed by atoms with Gasteiger partial charge in [0.25, 0.3) is 0 Å². The normalized spacial score (nSPS) is 15.9. The highest BCUT2D eigenvalue weighted by Gasteiger charge is 2.17. The molecule has 24 heavy (non-hydrogen) atoms. The minimum atomic E-state index is -1.19. The van der Waals surface area contributed by atoms with Crippen molar-refractivity contribution in [1.82, 2.24) is 14.9 Å². The van der Waals surface area contributed by atoms with Gasteiger partial charge in [-0.3, -0.25) is 4.21 Å². The summed E-state index contributed by atoms with van der Waals surface area (Å²) >= 11 is 0. The molecule has 1 aliphatic rings. The van der Waals surface area contributed by atoms with Crippen LogP contribution in [0, 0.1) is 0 Å². The first-order valence-electron chi connectivity index (χ1n) is 8.11. The number of likely N-dealkylation sites (N-methyl/N-ethyl adjacent to an activating group) is 1. The minimum Gasteiger partial charge on any atom is -0.383 e. The monoisotopic (exact) mass is 347 g/mol. The van der Waals surface area contributed by atoms with Crippen molar-refractivity contribution in [2.24, 2.45) is 0 Å². The van der Waals surface area contributed by atoms with Crippen LogP contribution in [0.2, 0.25) is 0 Å². The maximum atomic E-state index is 12.8. The molecule has 0 aliphatic heterocycles. The number of hydrogen-bond acceptors (Lipinski definition) is 4. The molecule has 1 unspecified atom stereocenters. The van der Waals surface area contributed by atoms with Crippen LogP contribution in [0.25, 0.3) is 11.0 Å². The Balaban J connectivity index is 0.00000225. The molecule has 0 fully saturated rings. The van der Waals surface area contributed by atoms with Crippen LogP contribution < -0.4 is 0 Å². The average molecular weight is 347 g/mol. The standard InChI is InChI=1S/C18H23N3O2S.H2/c1-21(11-12-23-2)17-10-6-3-7-14(17)13-24(22)18-19-15-8-4-5-9-16(15)20-18;/h3-5,7-9H,6,10-13H2,1-2H3,(H,19,20);1H. The summed E-state index contributed by atoms with van der Waals surface area (Å²) in [4.78, 5) is 9.84. The molecule has 0 bridgehead atoms. The third kappa shape index (κ3) is 3.76. The number of ether oxygens (including phenoxy) is 1. The van der Waals surface area contributed by atoms with Gasteiger partial charge in [-0.1, -0.05) is 24.3 Å². The van der Waals surface area contributed by atoms with E-state index in [1.165, 1.54) is 5.70 Å². The van der Waals surface area contributed by atoms with E-state index in [9.17, 15) is 4.21 Å². The maximum Gasteiger partial charge on any atom is 0.197 e. The minimum absolute atomic E-state index is 0. The molecule has 1 atom stereocenters. The van der Waals surface area contributed by atoms with E-state index in [1.807, 2.05) is 24.3 Å². The van der Waals surface area contributed by atoms with E-state index in [4.69, 9.17) is 4.74 Å². The predicted molar refractivity (Wildman–Crippen MR) is 99.4 cm³/mol. The zero-order valence-corrected chi connectivity index (χ0v) is 14.9. The van der Waals surface area contributed by atoms with Crippen molar-refractivity contribution >= 4 is 21.8 Å². The second-order valence-electron chi connectivity index (χ2n) is 5.88. The lowest BCUT2D eigenvalue weighted by molar-refractivity contribution is 0.172. The third-order valence-corrected chi connectivity index (χ3v) is 5.40. The number of methoxy groups -OCH3 is 1. The molecule has 0 amide bonds. The van der Waals surface area contributed by atoms with E-state index < -0.39 is 10.8 Å². The number of rotatable bonds is 7. The van der Waals surface area contributed by atoms with Crippen molar-refractivity contribution in [1.29, 1.82) is 0 Å². The lowest BCUT2D eigenvalue weighted by Gasteiger charge is -2.26. The predicted octanol–water partition coefficient (Wildman–Crippen LogP) is 3.10. The molecule has 5 nitrogen and oxygen atoms in total. The number of aromatic amines is 1. The molecule has 3 rings (SSSR count). The van der Waals surface area contributed by atoms with Crippen molar-refractivity contribution in [2.45, 2.75) is 18.0 Å². The molecule has 1 aromatic heterocycles. The van der Waals surface area contributed by atoms with Crippen molar-refractivity contribution in [3.63, 3.8) is 0 Å². The fraction of sp³-hybridized carbons (Fsp3) is 0.389. The van der Waals surface area contributed by atoms with E-state index in [-0.39, 0.29) is 1.43 Å². The molecule has 0 saturated carbocycles. The van der Waals surface area contributed by atoms with Crippen LogP contribution in [0.5, 0.6) is 0 Å². The molecule has 0 spiro atoms. The highest BCUT2D eigenvalue weighted by atomic mass is 32.2. The molecule has 130 valence electrons. The summed E-state index contributed by atoms with van der Waals surface area (Å²) in [6.07, 6.45) is 6.25. The van der Waals surface area contributed by atoms with E-state index in [1.54, 1.807) is 7.11 Å². The van der Waals surface area contributed by atoms with E-state index in [2.05, 4.69) is 34.1 Å². The molecule has 0 saturated heterocycles. The van der Waals surface area contributed by atoms with Crippen molar-refractivity contribution in [3.8, 4) is 0 Å². The molecule has 0 radical (unpaired) electrons. The first-order valence-corrected chi connectivity index (χ1v) is 9.42. The Morgan fingerprint density at radius 1 is 1.42 bits per heavy atom. The second kappa shape index (κ2) is 7.77. The van der Waals surface area contributed by atoms with Gasteiger partial charge in [0.05, 0.1) is 34.2 Å². The zero-order valence-electron chi connectivity index (χ0n) is 14.1. The number of allylic oxidation sites excluding steroid dienone is 3. The molecular weight excluding hydrogens is 322 g/mol. The zero-order chi connectivity index (χ0) is 16.9. The number of nitrogens with zero attached hydrogens (tertiary/aromatic N) is 2. The first-order chi connectivity index (χ1) is 11.7. The van der Waals surface area contributed by atoms with Crippen molar-refractivity contribution in [2.75, 3.05) is 33.1 Å². The van der Waals surface area contributed by atoms with Crippen LogP contribution >= 0.6 is 0 Å². The van der Waals surface area contributed by atoms with E-state index in [0.29, 0.717) is 17.5 Å². The Kier molecular flexibility index (Phi) is 5.48. The Bertz CT molecular complexity index is 767. The SMILES string of the molecule is COCCN(C)C1=C(CS(=O)c2nc3ccccc3[nH]2)C=CCC1.[HH]. The molecule has 1 aliphatic carbocycles. The van der Waals surface area contributed by atoms with Crippen LogP contribution in [0.15, 0.2) is 52.8 Å². The van der Waals surface area contributed by atoms with E-state index in [0.717, 1.165) is 36.0 Å². The summed E-state index contributed by atoms with van der Waals surface area (Å²) in [6, 6.07) is 7.76. The molecular formula is C18H25N3O2S. The topological polar surface area (TPSA) is 58.2 Å². The molecule has 1 aromatic carbocycles. The van der Waals surface area contributed by atoms with Crippen LogP contribution in [-0.4, -0.2) is 52.1 Å². The van der Waals surface area contributed by atoms with E-state index >= 15 is 0 Å². The van der Waals surface area contributed by atoms with Crippen LogP contribution in [0.3, 0.4) is 0 Å². The average Bonchev–Trinajstić information content (AvgIpc) is 3.04. The smallest absolute Gasteiger partial charge is 0.197 e. The summed E-state index contributed by atoms with van der Waals surface area (Å²) in [5.74, 6) is 0.475. The molecule has 2 aromatic rings. The number of H-pyrrole nitrogens is 1. The number of benzene rings is 1. The fourth-order valence-corrected chi connectivity index (χ4v) is 3.99. The second-order valence-corrected chi connectivity index (χ2v) is 7.24. The Hall–Kier alpha value is -1.92. The number of nitrogens with one attached hydrogen (secondary N) is 1. The summed E-state index contributed by atoms with van der Waals surface area (Å²) in [7, 11) is 2.59. The van der Waals surface area contributed by atoms with Crippen LogP contribution in [-0.2, 0) is 15.5 Å². The van der Waals surface area contributed by atoms with Gasteiger partial charge in [-0.05, 0) is 30.5 Å². The van der Waals surface area contributed by atoms with Gasteiger partial charge in [-0.15, -0.1) is 0 Å². The lowest BCUT2D eigenvalue weighted by atomic mass is 10.0. The molecule has 1 N–H and O–H groups in total. The summed E-state index contributed by atoms with van der Waals surface area (Å²) < 4.78 is 17.9. The van der Waals surface area contributed by atoms with Gasteiger partial charge in [-0.2, -0.15) is 0 Å². The molecule has 6 heteroatoms. The Morgan fingerprint density at radius 3 is 3.04 bits per heavy atom. The highest BCUT2D eigenvalue weighted by Crippen LogP contribution is 2.23. The van der Waals surface area contributed by atoms with Gasteiger partial charge in [0, 0.05) is 27.8 Å². The number of aromatic nitrogens is 2. The third-order valence-electron chi connectivity index (χ3n) is 4.20. The number of hydrogen-bond donors (Lipinski definition) is 1. The van der Waals surface area contributed by atoms with Gasteiger partial charge < -0.3 is 14.6 Å². The summed E-state index contributed by atoms with van der Waals surface area (Å²) in [6.45, 7) is 1.52. The summed E-state index contributed by atoms with van der Waals surface area (Å²) in [5, 5.41) is 0.543. The van der Waals surface area contributed by atoms with Gasteiger partial charge in [-0.25, -0.2) is 4.98 Å². The maximum absolute atomic E-state index is 12.8. The fourth-order valence-electron chi connectivity index (χ4n) is 2.88. The van der Waals surface area contributed by atoms with Crippen LogP contribution in [0.4, 0.5) is 0 Å². The summed E-state index contributed by atoms with van der Waals surface area (Å²) in [5.41, 5.74) is 4.15. The largest absolute Gasteiger partial charge is 0.383 e. The van der Waals surface area contributed by atoms with Gasteiger partial charge in [0.15, 0.2) is 5.16 Å². The number of imidazole rings is 1. The molecule has 1 heterocycles. The van der Waals surface area contributed by atoms with Crippen LogP contribution in [0.1, 0.15) is 14.3 Å². The quantitative estimate of drug-likeness (QED) is 0.836. The van der Waals surface area contributed by atoms with Crippen molar-refractivity contribution < 1.29 is 10.4 Å². The number of para-hydroxylation sites is 2. The van der Waals surface area contributed by atoms with Gasteiger partial charge >= 0.3 is 0 Å².